The van der Waals surface area contributed by atoms with Gasteiger partial charge in [0.25, 0.3) is 0 Å². The van der Waals surface area contributed by atoms with Crippen LogP contribution in [0.25, 0.3) is 0 Å². The molecule has 4 rings (SSSR count). The second-order valence-corrected chi connectivity index (χ2v) is 6.95. The fourth-order valence-corrected chi connectivity index (χ4v) is 4.22. The Balaban J connectivity index is 1.77. The quantitative estimate of drug-likeness (QED) is 0.846. The van der Waals surface area contributed by atoms with E-state index >= 15 is 0 Å². The molecule has 0 bridgehead atoms. The van der Waals surface area contributed by atoms with Crippen molar-refractivity contribution in [3.8, 4) is 0 Å². The molecule has 2 aromatic rings. The van der Waals surface area contributed by atoms with Crippen molar-refractivity contribution in [2.24, 2.45) is 4.99 Å². The lowest BCUT2D eigenvalue weighted by Crippen LogP contribution is -2.28. The van der Waals surface area contributed by atoms with E-state index in [1.807, 2.05) is 30.1 Å². The molecule has 21 heavy (non-hydrogen) atoms. The van der Waals surface area contributed by atoms with Crippen molar-refractivity contribution < 1.29 is 0 Å². The third-order valence-corrected chi connectivity index (χ3v) is 5.12. The molecule has 1 aromatic carbocycles. The highest BCUT2D eigenvalue weighted by Gasteiger charge is 2.43. The third-order valence-electron chi connectivity index (χ3n) is 4.02. The van der Waals surface area contributed by atoms with Gasteiger partial charge in [-0.05, 0) is 17.7 Å². The Morgan fingerprint density at radius 1 is 1.10 bits per heavy atom. The molecule has 2 aliphatic rings. The fraction of sp³-hybridized carbons (Fsp3) is 0.294. The van der Waals surface area contributed by atoms with Gasteiger partial charge >= 0.3 is 0 Å². The highest BCUT2D eigenvalue weighted by Crippen LogP contribution is 2.47. The topological polar surface area (TPSA) is 28.5 Å². The number of aliphatic imine (C=N–C) groups is 1. The largest absolute Gasteiger partial charge is 0.341 e. The van der Waals surface area contributed by atoms with E-state index < -0.39 is 0 Å². The predicted octanol–water partition coefficient (Wildman–Crippen LogP) is 3.67. The van der Waals surface area contributed by atoms with Crippen LogP contribution in [-0.4, -0.2) is 26.8 Å². The highest BCUT2D eigenvalue weighted by atomic mass is 32.2. The second kappa shape index (κ2) is 5.19. The van der Waals surface area contributed by atoms with E-state index in [4.69, 9.17) is 4.99 Å². The van der Waals surface area contributed by atoms with Gasteiger partial charge in [0, 0.05) is 18.0 Å². The summed E-state index contributed by atoms with van der Waals surface area (Å²) in [5.41, 5.74) is 2.38. The minimum absolute atomic E-state index is 0.101. The Hall–Kier alpha value is -1.81. The number of thioether (sulfide) groups is 1. The molecule has 106 valence electrons. The van der Waals surface area contributed by atoms with Gasteiger partial charge in [-0.1, -0.05) is 55.1 Å². The standard InChI is InChI=1S/C17H17N3S/c1-12-11-20-16(13-7-3-2-4-8-13)15(19-17(20)21-12)14-9-5-6-10-18-14/h2-10,12,15-16H,11H2,1H3/t12-,15-,16-/m1/s1. The Kier molecular flexibility index (Phi) is 3.19. The molecule has 0 N–H and O–H groups in total. The van der Waals surface area contributed by atoms with E-state index in [2.05, 4.69) is 53.2 Å². The predicted molar refractivity (Wildman–Crippen MR) is 87.4 cm³/mol. The van der Waals surface area contributed by atoms with Crippen LogP contribution in [-0.2, 0) is 0 Å². The zero-order valence-electron chi connectivity index (χ0n) is 11.9. The molecular formula is C17H17N3S. The van der Waals surface area contributed by atoms with Gasteiger partial charge in [-0.15, -0.1) is 0 Å². The minimum Gasteiger partial charge on any atom is -0.341 e. The molecule has 2 aliphatic heterocycles. The zero-order chi connectivity index (χ0) is 14.2. The van der Waals surface area contributed by atoms with Crippen LogP contribution in [0.1, 0.15) is 30.3 Å². The van der Waals surface area contributed by atoms with E-state index in [1.165, 1.54) is 10.7 Å². The first kappa shape index (κ1) is 12.9. The molecule has 4 heteroatoms. The first-order valence-electron chi connectivity index (χ1n) is 7.30. The fourth-order valence-electron chi connectivity index (χ4n) is 3.13. The molecule has 3 nitrogen and oxygen atoms in total. The number of fused-ring (bicyclic) bond motifs is 1. The van der Waals surface area contributed by atoms with Gasteiger partial charge in [-0.25, -0.2) is 0 Å². The molecule has 1 saturated heterocycles. The van der Waals surface area contributed by atoms with Crippen LogP contribution in [0, 0.1) is 0 Å². The molecule has 0 unspecified atom stereocenters. The Labute approximate surface area is 129 Å². The van der Waals surface area contributed by atoms with Gasteiger partial charge in [-0.3, -0.25) is 9.98 Å². The van der Waals surface area contributed by atoms with Crippen molar-refractivity contribution >= 4 is 16.9 Å². The number of pyridine rings is 1. The lowest BCUT2D eigenvalue weighted by Gasteiger charge is -2.27. The van der Waals surface area contributed by atoms with Gasteiger partial charge in [0.05, 0.1) is 11.7 Å². The summed E-state index contributed by atoms with van der Waals surface area (Å²) in [6.45, 7) is 3.33. The molecule has 0 spiro atoms. The molecule has 1 fully saturated rings. The number of aromatic nitrogens is 1. The van der Waals surface area contributed by atoms with Gasteiger partial charge < -0.3 is 4.90 Å². The van der Waals surface area contributed by atoms with Crippen LogP contribution in [0.4, 0.5) is 0 Å². The number of amidine groups is 1. The number of benzene rings is 1. The summed E-state index contributed by atoms with van der Waals surface area (Å²) in [5, 5.41) is 1.78. The maximum absolute atomic E-state index is 4.97. The van der Waals surface area contributed by atoms with Gasteiger partial charge in [0.15, 0.2) is 5.17 Å². The molecule has 3 heterocycles. The smallest absolute Gasteiger partial charge is 0.160 e. The first-order valence-corrected chi connectivity index (χ1v) is 8.18. The molecule has 0 amide bonds. The van der Waals surface area contributed by atoms with Crippen LogP contribution < -0.4 is 0 Å². The summed E-state index contributed by atoms with van der Waals surface area (Å²) >= 11 is 1.88. The number of rotatable bonds is 2. The summed E-state index contributed by atoms with van der Waals surface area (Å²) in [6.07, 6.45) is 1.86. The minimum atomic E-state index is 0.101. The van der Waals surface area contributed by atoms with E-state index in [0.717, 1.165) is 12.2 Å². The lowest BCUT2D eigenvalue weighted by molar-refractivity contribution is 0.321. The van der Waals surface area contributed by atoms with E-state index in [9.17, 15) is 0 Å². The molecule has 1 aromatic heterocycles. The number of hydrogen-bond donors (Lipinski definition) is 0. The molecular weight excluding hydrogens is 278 g/mol. The van der Waals surface area contributed by atoms with Crippen LogP contribution >= 0.6 is 11.8 Å². The van der Waals surface area contributed by atoms with Crippen LogP contribution in [0.15, 0.2) is 59.7 Å². The number of hydrogen-bond acceptors (Lipinski definition) is 4. The first-order chi connectivity index (χ1) is 10.3. The van der Waals surface area contributed by atoms with Gasteiger partial charge in [0.1, 0.15) is 6.04 Å². The molecule has 0 aliphatic carbocycles. The van der Waals surface area contributed by atoms with Gasteiger partial charge in [-0.2, -0.15) is 0 Å². The zero-order valence-corrected chi connectivity index (χ0v) is 12.7. The van der Waals surface area contributed by atoms with Crippen molar-refractivity contribution in [1.82, 2.24) is 9.88 Å². The van der Waals surface area contributed by atoms with Crippen LogP contribution in [0.2, 0.25) is 0 Å². The molecule has 0 radical (unpaired) electrons. The third kappa shape index (κ3) is 2.23. The maximum atomic E-state index is 4.97. The summed E-state index contributed by atoms with van der Waals surface area (Å²) in [7, 11) is 0. The van der Waals surface area contributed by atoms with Crippen molar-refractivity contribution in [3.05, 3.63) is 66.0 Å². The lowest BCUT2D eigenvalue weighted by atomic mass is 9.96. The Bertz CT molecular complexity index is 656. The van der Waals surface area contributed by atoms with Crippen molar-refractivity contribution in [2.45, 2.75) is 24.3 Å². The Morgan fingerprint density at radius 2 is 1.90 bits per heavy atom. The SMILES string of the molecule is C[C@@H]1CN2C(=N[C@H](c3ccccn3)[C@H]2c2ccccc2)S1. The van der Waals surface area contributed by atoms with Crippen molar-refractivity contribution in [3.63, 3.8) is 0 Å². The van der Waals surface area contributed by atoms with Crippen molar-refractivity contribution in [1.29, 1.82) is 0 Å². The normalized spacial score (nSPS) is 27.6. The van der Waals surface area contributed by atoms with E-state index in [-0.39, 0.29) is 12.1 Å². The van der Waals surface area contributed by atoms with Gasteiger partial charge in [0.2, 0.25) is 0 Å². The maximum Gasteiger partial charge on any atom is 0.160 e. The second-order valence-electron chi connectivity index (χ2n) is 5.55. The van der Waals surface area contributed by atoms with Crippen LogP contribution in [0.3, 0.4) is 0 Å². The van der Waals surface area contributed by atoms with E-state index in [0.29, 0.717) is 5.25 Å². The average Bonchev–Trinajstić information content (AvgIpc) is 3.05. The molecule has 3 atom stereocenters. The highest BCUT2D eigenvalue weighted by molar-refractivity contribution is 8.14. The summed E-state index contributed by atoms with van der Waals surface area (Å²) < 4.78 is 0. The monoisotopic (exact) mass is 295 g/mol. The molecule has 0 saturated carbocycles. The van der Waals surface area contributed by atoms with E-state index in [1.54, 1.807) is 0 Å². The van der Waals surface area contributed by atoms with Crippen molar-refractivity contribution in [2.75, 3.05) is 6.54 Å². The summed E-state index contributed by atoms with van der Waals surface area (Å²) in [5.74, 6) is 0. The Morgan fingerprint density at radius 3 is 2.67 bits per heavy atom. The average molecular weight is 295 g/mol. The summed E-state index contributed by atoms with van der Waals surface area (Å²) in [6, 6.07) is 17.1. The van der Waals surface area contributed by atoms with Crippen LogP contribution in [0.5, 0.6) is 0 Å². The summed E-state index contributed by atoms with van der Waals surface area (Å²) in [4.78, 5) is 12.0. The number of nitrogens with zero attached hydrogens (tertiary/aromatic N) is 3.